The monoisotopic (exact) mass is 263 g/mol. The van der Waals surface area contributed by atoms with E-state index >= 15 is 0 Å². The lowest BCUT2D eigenvalue weighted by atomic mass is 10.3. The maximum Gasteiger partial charge on any atom is 0.337 e. The Balaban J connectivity index is 2.04. The van der Waals surface area contributed by atoms with Gasteiger partial charge in [0.25, 0.3) is 0 Å². The first kappa shape index (κ1) is 12.9. The van der Waals surface area contributed by atoms with E-state index in [-0.39, 0.29) is 12.2 Å². The Kier molecular flexibility index (Phi) is 4.01. The molecule has 8 nitrogen and oxygen atoms in total. The summed E-state index contributed by atoms with van der Waals surface area (Å²) < 4.78 is 7.09. The molecule has 1 N–H and O–H groups in total. The number of hydrogen-bond acceptors (Lipinski definition) is 6. The molecule has 0 saturated heterocycles. The third kappa shape index (κ3) is 3.24. The van der Waals surface area contributed by atoms with Crippen LogP contribution in [0.15, 0.2) is 18.5 Å². The molecule has 2 aromatic rings. The van der Waals surface area contributed by atoms with E-state index in [9.17, 15) is 4.79 Å². The summed E-state index contributed by atoms with van der Waals surface area (Å²) >= 11 is 0. The van der Waals surface area contributed by atoms with Crippen LogP contribution in [-0.4, -0.2) is 36.3 Å². The summed E-state index contributed by atoms with van der Waals surface area (Å²) in [5, 5.41) is 20.1. The van der Waals surface area contributed by atoms with Crippen molar-refractivity contribution < 1.29 is 14.6 Å². The molecule has 0 aliphatic heterocycles. The van der Waals surface area contributed by atoms with Gasteiger partial charge in [-0.15, -0.1) is 5.10 Å². The van der Waals surface area contributed by atoms with E-state index in [1.54, 1.807) is 4.68 Å². The van der Waals surface area contributed by atoms with Gasteiger partial charge in [-0.1, -0.05) is 6.92 Å². The van der Waals surface area contributed by atoms with Crippen LogP contribution >= 0.6 is 0 Å². The second kappa shape index (κ2) is 5.89. The van der Waals surface area contributed by atoms with E-state index in [1.807, 2.05) is 6.92 Å². The van der Waals surface area contributed by atoms with Crippen LogP contribution in [-0.2, 0) is 13.2 Å². The van der Waals surface area contributed by atoms with Gasteiger partial charge >= 0.3 is 5.97 Å². The minimum atomic E-state index is -1.05. The third-order valence-corrected chi connectivity index (χ3v) is 2.37. The van der Waals surface area contributed by atoms with Crippen LogP contribution in [0.3, 0.4) is 0 Å². The molecule has 0 bridgehead atoms. The summed E-state index contributed by atoms with van der Waals surface area (Å²) in [6, 6.07) is 1.41. The van der Waals surface area contributed by atoms with Crippen molar-refractivity contribution in [2.24, 2.45) is 0 Å². The Morgan fingerprint density at radius 1 is 1.47 bits per heavy atom. The number of aromatic carboxylic acids is 1. The highest BCUT2D eigenvalue weighted by Crippen LogP contribution is 2.12. The number of nitrogens with zero attached hydrogens (tertiary/aromatic N) is 5. The molecule has 0 fully saturated rings. The summed E-state index contributed by atoms with van der Waals surface area (Å²) in [6.07, 6.45) is 3.62. The lowest BCUT2D eigenvalue weighted by Crippen LogP contribution is -2.09. The minimum absolute atomic E-state index is 0.0747. The van der Waals surface area contributed by atoms with E-state index in [0.717, 1.165) is 6.42 Å². The Morgan fingerprint density at radius 2 is 2.32 bits per heavy atom. The molecule has 8 heteroatoms. The molecule has 0 unspecified atom stereocenters. The molecule has 100 valence electrons. The van der Waals surface area contributed by atoms with Crippen LogP contribution in [0.5, 0.6) is 5.75 Å². The Bertz CT molecular complexity index is 569. The molecule has 0 aliphatic rings. The molecule has 19 heavy (non-hydrogen) atoms. The smallest absolute Gasteiger partial charge is 0.337 e. The van der Waals surface area contributed by atoms with E-state index in [0.29, 0.717) is 18.1 Å². The number of aryl methyl sites for hydroxylation is 1. The first-order valence-corrected chi connectivity index (χ1v) is 5.77. The van der Waals surface area contributed by atoms with Gasteiger partial charge in [-0.2, -0.15) is 0 Å². The largest absolute Gasteiger partial charge is 0.484 e. The zero-order chi connectivity index (χ0) is 13.7. The van der Waals surface area contributed by atoms with Gasteiger partial charge < -0.3 is 9.84 Å². The van der Waals surface area contributed by atoms with Gasteiger partial charge in [-0.05, 0) is 22.9 Å². The lowest BCUT2D eigenvalue weighted by molar-refractivity contribution is 0.0696. The molecular formula is C11H13N5O3. The first-order chi connectivity index (χ1) is 9.20. The summed E-state index contributed by atoms with van der Waals surface area (Å²) in [6.45, 7) is 2.89. The Morgan fingerprint density at radius 3 is 3.05 bits per heavy atom. The van der Waals surface area contributed by atoms with Crippen LogP contribution < -0.4 is 4.74 Å². The number of tetrazole rings is 1. The first-order valence-electron chi connectivity index (χ1n) is 5.77. The Hall–Kier alpha value is -2.51. The second-order valence-electron chi connectivity index (χ2n) is 3.82. The molecular weight excluding hydrogens is 250 g/mol. The van der Waals surface area contributed by atoms with Crippen molar-refractivity contribution in [1.29, 1.82) is 0 Å². The molecule has 2 rings (SSSR count). The predicted molar refractivity (Wildman–Crippen MR) is 63.6 cm³/mol. The van der Waals surface area contributed by atoms with E-state index in [4.69, 9.17) is 9.84 Å². The van der Waals surface area contributed by atoms with Crippen molar-refractivity contribution in [3.63, 3.8) is 0 Å². The van der Waals surface area contributed by atoms with Crippen LogP contribution in [0, 0.1) is 0 Å². The van der Waals surface area contributed by atoms with Crippen LogP contribution in [0.4, 0.5) is 0 Å². The molecule has 0 amide bonds. The number of carboxylic acid groups (broad SMARTS) is 1. The fraction of sp³-hybridized carbons (Fsp3) is 0.364. The van der Waals surface area contributed by atoms with Crippen molar-refractivity contribution in [2.45, 2.75) is 26.5 Å². The van der Waals surface area contributed by atoms with Gasteiger partial charge in [0.05, 0.1) is 11.8 Å². The average Bonchev–Trinajstić information content (AvgIpc) is 2.85. The lowest BCUT2D eigenvalue weighted by Gasteiger charge is -2.06. The summed E-state index contributed by atoms with van der Waals surface area (Å²) in [5.41, 5.74) is 0.0747. The molecule has 2 heterocycles. The number of ether oxygens (including phenoxy) is 1. The number of carboxylic acids is 1. The second-order valence-corrected chi connectivity index (χ2v) is 3.82. The minimum Gasteiger partial charge on any atom is -0.484 e. The van der Waals surface area contributed by atoms with E-state index < -0.39 is 5.97 Å². The number of rotatable bonds is 6. The van der Waals surface area contributed by atoms with Gasteiger partial charge in [-0.3, -0.25) is 4.98 Å². The molecule has 0 spiro atoms. The van der Waals surface area contributed by atoms with E-state index in [1.165, 1.54) is 18.5 Å². The number of hydrogen-bond donors (Lipinski definition) is 1. The number of pyridine rings is 1. The van der Waals surface area contributed by atoms with Crippen molar-refractivity contribution in [2.75, 3.05) is 0 Å². The highest BCUT2D eigenvalue weighted by molar-refractivity contribution is 5.87. The van der Waals surface area contributed by atoms with Crippen LogP contribution in [0.25, 0.3) is 0 Å². The maximum absolute atomic E-state index is 10.8. The zero-order valence-electron chi connectivity index (χ0n) is 10.4. The molecule has 0 atom stereocenters. The SMILES string of the molecule is CCCn1nnnc1COc1cncc(C(=O)O)c1. The summed E-state index contributed by atoms with van der Waals surface area (Å²) in [4.78, 5) is 14.6. The third-order valence-electron chi connectivity index (χ3n) is 2.37. The highest BCUT2D eigenvalue weighted by atomic mass is 16.5. The highest BCUT2D eigenvalue weighted by Gasteiger charge is 2.08. The van der Waals surface area contributed by atoms with Crippen LogP contribution in [0.2, 0.25) is 0 Å². The quantitative estimate of drug-likeness (QED) is 0.820. The Labute approximate surface area is 109 Å². The van der Waals surface area contributed by atoms with Crippen molar-refractivity contribution in [1.82, 2.24) is 25.2 Å². The van der Waals surface area contributed by atoms with Gasteiger partial charge in [0.1, 0.15) is 12.4 Å². The number of aromatic nitrogens is 5. The molecule has 0 radical (unpaired) electrons. The van der Waals surface area contributed by atoms with Gasteiger partial charge in [0, 0.05) is 12.7 Å². The zero-order valence-corrected chi connectivity index (χ0v) is 10.4. The van der Waals surface area contributed by atoms with Gasteiger partial charge in [0.2, 0.25) is 0 Å². The molecule has 0 aliphatic carbocycles. The fourth-order valence-electron chi connectivity index (χ4n) is 1.47. The van der Waals surface area contributed by atoms with Crippen molar-refractivity contribution >= 4 is 5.97 Å². The van der Waals surface area contributed by atoms with Crippen molar-refractivity contribution in [3.8, 4) is 5.75 Å². The summed E-state index contributed by atoms with van der Waals surface area (Å²) in [7, 11) is 0. The topological polar surface area (TPSA) is 103 Å². The molecule has 2 aromatic heterocycles. The maximum atomic E-state index is 10.8. The van der Waals surface area contributed by atoms with E-state index in [2.05, 4.69) is 20.5 Å². The van der Waals surface area contributed by atoms with Crippen molar-refractivity contribution in [3.05, 3.63) is 29.8 Å². The van der Waals surface area contributed by atoms with Gasteiger partial charge in [0.15, 0.2) is 5.82 Å². The molecule has 0 saturated carbocycles. The standard InChI is InChI=1S/C11H13N5O3/c1-2-3-16-10(13-14-15-16)7-19-9-4-8(11(17)18)5-12-6-9/h4-6H,2-3,7H2,1H3,(H,17,18). The average molecular weight is 263 g/mol. The predicted octanol–water partition coefficient (Wildman–Crippen LogP) is 0.755. The fourth-order valence-corrected chi connectivity index (χ4v) is 1.47. The molecule has 0 aromatic carbocycles. The van der Waals surface area contributed by atoms with Gasteiger partial charge in [-0.25, -0.2) is 9.48 Å². The van der Waals surface area contributed by atoms with Crippen LogP contribution in [0.1, 0.15) is 29.5 Å². The normalized spacial score (nSPS) is 10.4. The number of carbonyl (C=O) groups is 1. The summed E-state index contributed by atoms with van der Waals surface area (Å²) in [5.74, 6) is -0.0951.